The summed E-state index contributed by atoms with van der Waals surface area (Å²) in [5, 5.41) is 2.92. The van der Waals surface area contributed by atoms with Crippen LogP contribution in [0, 0.1) is 19.3 Å². The molecule has 1 saturated carbocycles. The molecular weight excluding hydrogens is 574 g/mol. The number of pyridine rings is 2. The zero-order valence-corrected chi connectivity index (χ0v) is 24.2. The van der Waals surface area contributed by atoms with Gasteiger partial charge >= 0.3 is 0 Å². The summed E-state index contributed by atoms with van der Waals surface area (Å²) in [4.78, 5) is 58.9. The molecule has 1 aliphatic carbocycles. The number of halogens is 1. The number of Topliss-reactive ketones (excluding diaryl/α,β-unsaturated/α-hetero) is 1. The van der Waals surface area contributed by atoms with Gasteiger partial charge in [-0.2, -0.15) is 0 Å². The minimum Gasteiger partial charge on any atom is -0.327 e. The number of anilines is 1. The van der Waals surface area contributed by atoms with E-state index in [1.54, 1.807) is 21.7 Å². The zero-order valence-electron chi connectivity index (χ0n) is 22.6. The highest BCUT2D eigenvalue weighted by molar-refractivity contribution is 9.10. The lowest BCUT2D eigenvalue weighted by Gasteiger charge is -2.27. The van der Waals surface area contributed by atoms with E-state index in [9.17, 15) is 14.4 Å². The van der Waals surface area contributed by atoms with Gasteiger partial charge in [0.05, 0.1) is 11.9 Å². The van der Waals surface area contributed by atoms with E-state index in [-0.39, 0.29) is 35.5 Å². The Kier molecular flexibility index (Phi) is 6.29. The van der Waals surface area contributed by atoms with E-state index in [2.05, 4.69) is 48.1 Å². The van der Waals surface area contributed by atoms with E-state index in [1.165, 1.54) is 6.92 Å². The molecule has 11 heteroatoms. The molecule has 10 nitrogen and oxygen atoms in total. The first-order valence-corrected chi connectivity index (χ1v) is 13.9. The molecule has 1 saturated heterocycles. The highest BCUT2D eigenvalue weighted by Gasteiger charge is 2.64. The maximum absolute atomic E-state index is 13.8. The molecule has 4 aromatic rings. The molecule has 5 heterocycles. The largest absolute Gasteiger partial charge is 0.327 e. The van der Waals surface area contributed by atoms with Gasteiger partial charge in [0, 0.05) is 37.1 Å². The van der Waals surface area contributed by atoms with Crippen LogP contribution < -0.4 is 5.32 Å². The van der Waals surface area contributed by atoms with E-state index in [0.29, 0.717) is 39.7 Å². The second-order valence-corrected chi connectivity index (χ2v) is 11.8. The van der Waals surface area contributed by atoms with Gasteiger partial charge < -0.3 is 14.6 Å². The molecule has 0 unspecified atom stereocenters. The second kappa shape index (κ2) is 9.58. The molecule has 2 aliphatic rings. The number of aryl methyl sites for hydroxylation is 2. The van der Waals surface area contributed by atoms with Gasteiger partial charge in [-0.15, -0.1) is 0 Å². The highest BCUT2D eigenvalue weighted by Crippen LogP contribution is 2.59. The molecule has 4 aromatic heterocycles. The number of nitrogens with zero attached hydrogens (tertiary/aromatic N) is 6. The molecule has 0 radical (unpaired) electrons. The fourth-order valence-electron chi connectivity index (χ4n) is 5.67. The summed E-state index contributed by atoms with van der Waals surface area (Å²) >= 11 is 3.35. The average molecular weight is 602 g/mol. The Labute approximate surface area is 239 Å². The van der Waals surface area contributed by atoms with Crippen molar-refractivity contribution in [3.05, 3.63) is 70.4 Å². The standard InChI is InChI=1S/C29H28BrN7O3/c1-15-5-6-23(30)33-27(15)35-28(40)21-11-29(4)12-22(29)37(21)25(39)10-24-34-26(16(2)38)20-9-18(7-8-36(20)24)19-13-31-17(3)32-14-19/h5-9,13-14,21-22H,10-12H2,1-4H3,(H,33,35,40)/t21-,22+,29-/m0/s1. The average Bonchev–Trinajstić information content (AvgIpc) is 3.28. The van der Waals surface area contributed by atoms with Gasteiger partial charge in [-0.25, -0.2) is 19.9 Å². The van der Waals surface area contributed by atoms with Gasteiger partial charge in [0.25, 0.3) is 0 Å². The Morgan fingerprint density at radius 1 is 1.07 bits per heavy atom. The van der Waals surface area contributed by atoms with Crippen LogP contribution in [-0.2, 0) is 16.0 Å². The van der Waals surface area contributed by atoms with Gasteiger partial charge in [0.2, 0.25) is 11.8 Å². The quantitative estimate of drug-likeness (QED) is 0.258. The maximum Gasteiger partial charge on any atom is 0.248 e. The SMILES string of the molecule is CC(=O)c1nc(CC(=O)N2[C@H](C(=O)Nc3nc(Br)ccc3C)C[C@@]3(C)C[C@@H]23)n2ccc(-c3cnc(C)nc3)cc12. The first-order valence-electron chi connectivity index (χ1n) is 13.1. The van der Waals surface area contributed by atoms with Crippen molar-refractivity contribution in [1.82, 2.24) is 29.2 Å². The van der Waals surface area contributed by atoms with E-state index >= 15 is 0 Å². The van der Waals surface area contributed by atoms with Crippen molar-refractivity contribution in [2.75, 3.05) is 5.32 Å². The Morgan fingerprint density at radius 2 is 1.82 bits per heavy atom. The number of nitrogens with one attached hydrogen (secondary N) is 1. The summed E-state index contributed by atoms with van der Waals surface area (Å²) in [5.74, 6) is 0.954. The summed E-state index contributed by atoms with van der Waals surface area (Å²) in [6.45, 7) is 7.27. The number of fused-ring (bicyclic) bond motifs is 2. The van der Waals surface area contributed by atoms with Crippen LogP contribution >= 0.6 is 15.9 Å². The number of hydrogen-bond donors (Lipinski definition) is 1. The van der Waals surface area contributed by atoms with Crippen molar-refractivity contribution >= 4 is 44.9 Å². The molecule has 2 fully saturated rings. The predicted octanol–water partition coefficient (Wildman–Crippen LogP) is 4.33. The van der Waals surface area contributed by atoms with Gasteiger partial charge in [-0.3, -0.25) is 14.4 Å². The number of imidazole rings is 1. The van der Waals surface area contributed by atoms with Crippen molar-refractivity contribution < 1.29 is 14.4 Å². The molecule has 2 amide bonds. The first-order chi connectivity index (χ1) is 19.0. The van der Waals surface area contributed by atoms with Crippen molar-refractivity contribution in [3.63, 3.8) is 0 Å². The van der Waals surface area contributed by atoms with Crippen LogP contribution in [-0.4, -0.2) is 58.9 Å². The topological polar surface area (TPSA) is 122 Å². The second-order valence-electron chi connectivity index (χ2n) is 11.0. The summed E-state index contributed by atoms with van der Waals surface area (Å²) < 4.78 is 2.40. The molecular formula is C29H28BrN7O3. The molecule has 1 aliphatic heterocycles. The number of piperidine rings is 1. The van der Waals surface area contributed by atoms with Crippen LogP contribution in [0.3, 0.4) is 0 Å². The van der Waals surface area contributed by atoms with Gasteiger partial charge in [-0.1, -0.05) is 13.0 Å². The van der Waals surface area contributed by atoms with E-state index in [0.717, 1.165) is 23.1 Å². The monoisotopic (exact) mass is 601 g/mol. The summed E-state index contributed by atoms with van der Waals surface area (Å²) in [6, 6.07) is 6.83. The summed E-state index contributed by atoms with van der Waals surface area (Å²) in [7, 11) is 0. The number of carbonyl (C=O) groups is 3. The third kappa shape index (κ3) is 4.57. The van der Waals surface area contributed by atoms with Crippen LogP contribution in [0.25, 0.3) is 16.6 Å². The van der Waals surface area contributed by atoms with Gasteiger partial charge in [-0.05, 0) is 77.4 Å². The summed E-state index contributed by atoms with van der Waals surface area (Å²) in [6.07, 6.45) is 6.69. The van der Waals surface area contributed by atoms with Crippen LogP contribution in [0.15, 0.2) is 47.5 Å². The molecule has 1 N–H and O–H groups in total. The number of hydrogen-bond acceptors (Lipinski definition) is 7. The van der Waals surface area contributed by atoms with Crippen LogP contribution in [0.1, 0.15) is 54.4 Å². The Hall–Kier alpha value is -3.99. The Bertz CT molecular complexity index is 1700. The summed E-state index contributed by atoms with van der Waals surface area (Å²) in [5.41, 5.74) is 3.31. The number of likely N-dealkylation sites (tertiary alicyclic amines) is 1. The van der Waals surface area contributed by atoms with E-state index < -0.39 is 6.04 Å². The third-order valence-corrected chi connectivity index (χ3v) is 8.45. The number of amides is 2. The predicted molar refractivity (Wildman–Crippen MR) is 152 cm³/mol. The molecule has 3 atom stereocenters. The third-order valence-electron chi connectivity index (χ3n) is 8.00. The van der Waals surface area contributed by atoms with E-state index in [1.807, 2.05) is 44.3 Å². The van der Waals surface area contributed by atoms with Crippen LogP contribution in [0.2, 0.25) is 0 Å². The number of aromatic nitrogens is 5. The van der Waals surface area contributed by atoms with Crippen molar-refractivity contribution in [3.8, 4) is 11.1 Å². The number of ketones is 1. The molecule has 40 heavy (non-hydrogen) atoms. The van der Waals surface area contributed by atoms with Crippen LogP contribution in [0.4, 0.5) is 5.82 Å². The van der Waals surface area contributed by atoms with Gasteiger partial charge in [0.15, 0.2) is 5.78 Å². The molecule has 0 aromatic carbocycles. The normalized spacial score (nSPS) is 21.4. The Balaban J connectivity index is 1.29. The van der Waals surface area contributed by atoms with Crippen LogP contribution in [0.5, 0.6) is 0 Å². The lowest BCUT2D eigenvalue weighted by atomic mass is 10.0. The van der Waals surface area contributed by atoms with Crippen molar-refractivity contribution in [2.45, 2.75) is 59.0 Å². The van der Waals surface area contributed by atoms with Crippen molar-refractivity contribution in [2.24, 2.45) is 5.41 Å². The molecule has 0 bridgehead atoms. The minimum absolute atomic E-state index is 0.000963. The lowest BCUT2D eigenvalue weighted by Crippen LogP contribution is -2.46. The first kappa shape index (κ1) is 26.2. The Morgan fingerprint density at radius 3 is 2.55 bits per heavy atom. The molecule has 6 rings (SSSR count). The molecule has 204 valence electrons. The fourth-order valence-corrected chi connectivity index (χ4v) is 5.98. The zero-order chi connectivity index (χ0) is 28.3. The lowest BCUT2D eigenvalue weighted by molar-refractivity contribution is -0.137. The highest BCUT2D eigenvalue weighted by atomic mass is 79.9. The van der Waals surface area contributed by atoms with Gasteiger partial charge in [0.1, 0.15) is 33.8 Å². The van der Waals surface area contributed by atoms with E-state index in [4.69, 9.17) is 0 Å². The maximum atomic E-state index is 13.8. The van der Waals surface area contributed by atoms with Crippen molar-refractivity contribution in [1.29, 1.82) is 0 Å². The smallest absolute Gasteiger partial charge is 0.248 e. The number of rotatable bonds is 6. The number of carbonyl (C=O) groups excluding carboxylic acids is 3. The fraction of sp³-hybridized carbons (Fsp3) is 0.345. The minimum atomic E-state index is -0.608. The molecule has 0 spiro atoms.